The third-order valence-electron chi connectivity index (χ3n) is 5.83. The number of hydrogen-bond acceptors (Lipinski definition) is 6. The van der Waals surface area contributed by atoms with Gasteiger partial charge in [-0.2, -0.15) is 12.6 Å². The summed E-state index contributed by atoms with van der Waals surface area (Å²) in [4.78, 5) is 51.2. The fourth-order valence-electron chi connectivity index (χ4n) is 3.79. The van der Waals surface area contributed by atoms with Crippen LogP contribution in [0.15, 0.2) is 54.6 Å². The molecule has 2 aromatic rings. The average molecular weight is 515 g/mol. The Morgan fingerprint density at radius 3 is 2.11 bits per heavy atom. The van der Waals surface area contributed by atoms with Crippen molar-refractivity contribution in [3.63, 3.8) is 0 Å². The van der Waals surface area contributed by atoms with Crippen LogP contribution in [-0.2, 0) is 14.3 Å². The van der Waals surface area contributed by atoms with E-state index in [-0.39, 0.29) is 23.8 Å². The number of benzene rings is 2. The molecule has 0 saturated carbocycles. The van der Waals surface area contributed by atoms with Gasteiger partial charge in [0.2, 0.25) is 5.91 Å². The van der Waals surface area contributed by atoms with Crippen molar-refractivity contribution in [2.45, 2.75) is 57.2 Å². The highest BCUT2D eigenvalue weighted by molar-refractivity contribution is 7.81. The number of urea groups is 1. The number of hydrogen-bond donors (Lipinski definition) is 3. The Morgan fingerprint density at radius 1 is 0.972 bits per heavy atom. The van der Waals surface area contributed by atoms with Gasteiger partial charge in [-0.05, 0) is 60.9 Å². The van der Waals surface area contributed by atoms with Crippen LogP contribution in [0.5, 0.6) is 0 Å². The summed E-state index contributed by atoms with van der Waals surface area (Å²) in [6, 6.07) is 13.5. The molecule has 8 nitrogen and oxygen atoms in total. The molecule has 0 aliphatic rings. The number of ether oxygens (including phenoxy) is 1. The van der Waals surface area contributed by atoms with Crippen molar-refractivity contribution in [3.8, 4) is 0 Å². The summed E-state index contributed by atoms with van der Waals surface area (Å²) in [5.74, 6) is -2.39. The monoisotopic (exact) mass is 514 g/mol. The lowest BCUT2D eigenvalue weighted by Gasteiger charge is -2.30. The number of methoxy groups -OCH3 is 1. The predicted molar refractivity (Wildman–Crippen MR) is 141 cm³/mol. The van der Waals surface area contributed by atoms with Crippen LogP contribution in [0.3, 0.4) is 0 Å². The Hall–Kier alpha value is -3.33. The van der Waals surface area contributed by atoms with E-state index in [9.17, 15) is 24.3 Å². The van der Waals surface area contributed by atoms with Crippen LogP contribution < -0.4 is 5.32 Å². The first-order valence-electron chi connectivity index (χ1n) is 11.8. The molecule has 0 fully saturated rings. The van der Waals surface area contributed by atoms with Crippen LogP contribution in [0.1, 0.15) is 61.9 Å². The number of nitrogens with one attached hydrogen (secondary N) is 1. The average Bonchev–Trinajstić information content (AvgIpc) is 2.86. The summed E-state index contributed by atoms with van der Waals surface area (Å²) < 4.78 is 4.66. The van der Waals surface area contributed by atoms with Crippen molar-refractivity contribution in [2.75, 3.05) is 12.4 Å². The van der Waals surface area contributed by atoms with Gasteiger partial charge in [-0.25, -0.2) is 19.3 Å². The highest BCUT2D eigenvalue weighted by atomic mass is 32.1. The molecule has 0 radical (unpaired) electrons. The van der Waals surface area contributed by atoms with Crippen LogP contribution >= 0.6 is 12.6 Å². The maximum Gasteiger partial charge on any atom is 0.337 e. The minimum Gasteiger partial charge on any atom is -0.480 e. The molecule has 0 aromatic heterocycles. The normalized spacial score (nSPS) is 13.4. The van der Waals surface area contributed by atoms with Gasteiger partial charge in [-0.3, -0.25) is 4.79 Å². The maximum absolute atomic E-state index is 13.4. The molecule has 2 N–H and O–H groups in total. The van der Waals surface area contributed by atoms with Crippen molar-refractivity contribution in [1.29, 1.82) is 0 Å². The number of esters is 1. The molecule has 3 amide bonds. The van der Waals surface area contributed by atoms with E-state index < -0.39 is 35.2 Å². The summed E-state index contributed by atoms with van der Waals surface area (Å²) in [5, 5.41) is 11.6. The summed E-state index contributed by atoms with van der Waals surface area (Å²) >= 11 is 4.46. The SMILES string of the molecule is COC(=O)c1ccc(NC(=O)N(C(=O)C(S)CCC(C)c2ccccc2)[C@@H](CC(C)C)C(=O)O)cc1. The lowest BCUT2D eigenvalue weighted by atomic mass is 9.95. The second kappa shape index (κ2) is 13.7. The molecule has 0 aliphatic heterocycles. The van der Waals surface area contributed by atoms with Gasteiger partial charge in [-0.15, -0.1) is 0 Å². The van der Waals surface area contributed by atoms with Crippen LogP contribution in [0.2, 0.25) is 0 Å². The molecule has 0 heterocycles. The Morgan fingerprint density at radius 2 is 1.58 bits per heavy atom. The van der Waals surface area contributed by atoms with Crippen molar-refractivity contribution < 1.29 is 29.0 Å². The van der Waals surface area contributed by atoms with Gasteiger partial charge in [0.15, 0.2) is 0 Å². The number of carbonyl (C=O) groups is 4. The topological polar surface area (TPSA) is 113 Å². The minimum absolute atomic E-state index is 0.0787. The number of imide groups is 1. The Kier molecular flexibility index (Phi) is 11.0. The van der Waals surface area contributed by atoms with E-state index >= 15 is 0 Å². The largest absolute Gasteiger partial charge is 0.480 e. The van der Waals surface area contributed by atoms with E-state index in [2.05, 4.69) is 22.7 Å². The zero-order valence-corrected chi connectivity index (χ0v) is 21.9. The maximum atomic E-state index is 13.4. The third-order valence-corrected chi connectivity index (χ3v) is 6.31. The first kappa shape index (κ1) is 28.9. The standard InChI is InChI=1S/C27H34N2O6S/c1-17(2)16-22(25(31)32)29(27(34)28-21-13-11-20(12-14-21)26(33)35-4)24(30)23(36)15-10-18(3)19-8-6-5-7-9-19/h5-9,11-14,17-18,22-23,36H,10,15-16H2,1-4H3,(H,28,34)(H,31,32)/t18?,22-,23?/m0/s1. The van der Waals surface area contributed by atoms with Crippen molar-refractivity contribution in [2.24, 2.45) is 5.92 Å². The lowest BCUT2D eigenvalue weighted by molar-refractivity contribution is -0.148. The smallest absolute Gasteiger partial charge is 0.337 e. The van der Waals surface area contributed by atoms with Gasteiger partial charge in [0.1, 0.15) is 6.04 Å². The Balaban J connectivity index is 2.22. The highest BCUT2D eigenvalue weighted by Gasteiger charge is 2.37. The van der Waals surface area contributed by atoms with Crippen LogP contribution in [0.25, 0.3) is 0 Å². The molecule has 36 heavy (non-hydrogen) atoms. The van der Waals surface area contributed by atoms with Gasteiger partial charge >= 0.3 is 18.0 Å². The zero-order chi connectivity index (χ0) is 26.8. The number of carboxylic acids is 1. The van der Waals surface area contributed by atoms with E-state index in [4.69, 9.17) is 0 Å². The number of anilines is 1. The number of thiol groups is 1. The number of aliphatic carboxylic acids is 1. The minimum atomic E-state index is -1.35. The van der Waals surface area contributed by atoms with Gasteiger partial charge in [0.25, 0.3) is 0 Å². The fraction of sp³-hybridized carbons (Fsp3) is 0.407. The van der Waals surface area contributed by atoms with E-state index in [0.717, 1.165) is 10.5 Å². The van der Waals surface area contributed by atoms with Gasteiger partial charge in [0, 0.05) is 5.69 Å². The molecular formula is C27H34N2O6S. The quantitative estimate of drug-likeness (QED) is 0.280. The molecule has 0 aliphatic carbocycles. The molecule has 2 unspecified atom stereocenters. The first-order chi connectivity index (χ1) is 17.0. The van der Waals surface area contributed by atoms with E-state index in [1.54, 1.807) is 0 Å². The molecule has 3 atom stereocenters. The number of rotatable bonds is 11. The van der Waals surface area contributed by atoms with Crippen LogP contribution in [0.4, 0.5) is 10.5 Å². The summed E-state index contributed by atoms with van der Waals surface area (Å²) in [5.41, 5.74) is 1.71. The number of nitrogens with zero attached hydrogens (tertiary/aromatic N) is 1. The van der Waals surface area contributed by atoms with Crippen molar-refractivity contribution in [1.82, 2.24) is 4.90 Å². The second-order valence-electron chi connectivity index (χ2n) is 9.10. The summed E-state index contributed by atoms with van der Waals surface area (Å²) in [6.07, 6.45) is 1.09. The molecular weight excluding hydrogens is 480 g/mol. The zero-order valence-electron chi connectivity index (χ0n) is 21.0. The lowest BCUT2D eigenvalue weighted by Crippen LogP contribution is -2.53. The van der Waals surface area contributed by atoms with E-state index in [1.165, 1.54) is 31.4 Å². The Bertz CT molecular complexity index is 1040. The molecule has 194 valence electrons. The number of carbonyl (C=O) groups excluding carboxylic acids is 3. The molecule has 2 aromatic carbocycles. The predicted octanol–water partition coefficient (Wildman–Crippen LogP) is 5.22. The second-order valence-corrected chi connectivity index (χ2v) is 9.72. The molecule has 0 bridgehead atoms. The Labute approximate surface area is 217 Å². The summed E-state index contributed by atoms with van der Waals surface area (Å²) in [6.45, 7) is 5.69. The van der Waals surface area contributed by atoms with Crippen LogP contribution in [-0.4, -0.2) is 52.3 Å². The molecule has 0 spiro atoms. The summed E-state index contributed by atoms with van der Waals surface area (Å²) in [7, 11) is 1.26. The number of amides is 3. The van der Waals surface area contributed by atoms with Gasteiger partial charge in [0.05, 0.1) is 17.9 Å². The molecule has 2 rings (SSSR count). The first-order valence-corrected chi connectivity index (χ1v) is 12.3. The fourth-order valence-corrected chi connectivity index (χ4v) is 4.06. The number of carboxylic acid groups (broad SMARTS) is 1. The van der Waals surface area contributed by atoms with Gasteiger partial charge < -0.3 is 15.2 Å². The van der Waals surface area contributed by atoms with E-state index in [1.807, 2.05) is 51.1 Å². The van der Waals surface area contributed by atoms with Crippen molar-refractivity contribution in [3.05, 3.63) is 65.7 Å². The van der Waals surface area contributed by atoms with Crippen LogP contribution in [0, 0.1) is 5.92 Å². The highest BCUT2D eigenvalue weighted by Crippen LogP contribution is 2.25. The molecule has 0 saturated heterocycles. The van der Waals surface area contributed by atoms with Gasteiger partial charge in [-0.1, -0.05) is 51.1 Å². The third kappa shape index (κ3) is 8.12. The van der Waals surface area contributed by atoms with Crippen molar-refractivity contribution >= 4 is 42.2 Å². The molecule has 9 heteroatoms. The van der Waals surface area contributed by atoms with E-state index in [0.29, 0.717) is 18.5 Å².